The summed E-state index contributed by atoms with van der Waals surface area (Å²) in [7, 11) is 1.95. The fourth-order valence-electron chi connectivity index (χ4n) is 2.06. The monoisotopic (exact) mass is 260 g/mol. The lowest BCUT2D eigenvalue weighted by Gasteiger charge is -2.15. The summed E-state index contributed by atoms with van der Waals surface area (Å²) < 4.78 is 1.90. The Hall–Kier alpha value is -1.79. The van der Waals surface area contributed by atoms with E-state index in [0.717, 1.165) is 35.7 Å². The van der Waals surface area contributed by atoms with Gasteiger partial charge in [-0.1, -0.05) is 6.92 Å². The second kappa shape index (κ2) is 5.90. The predicted molar refractivity (Wildman–Crippen MR) is 73.1 cm³/mol. The summed E-state index contributed by atoms with van der Waals surface area (Å²) in [6, 6.07) is 3.95. The smallest absolute Gasteiger partial charge is 0.125 e. The largest absolute Gasteiger partial charge is 0.272 e. The van der Waals surface area contributed by atoms with Gasteiger partial charge in [-0.3, -0.25) is 16.0 Å². The number of aromatic nitrogens is 4. The Labute approximate surface area is 113 Å². The number of nitrogens with two attached hydrogens (primary N) is 1. The first-order valence-corrected chi connectivity index (χ1v) is 6.41. The molecule has 0 aromatic carbocycles. The molecule has 0 saturated heterocycles. The minimum Gasteiger partial charge on any atom is -0.272 e. The molecule has 1 unspecified atom stereocenters. The number of nitrogens with one attached hydrogen (secondary N) is 1. The first-order chi connectivity index (χ1) is 9.13. The summed E-state index contributed by atoms with van der Waals surface area (Å²) in [4.78, 5) is 8.52. The highest BCUT2D eigenvalue weighted by atomic mass is 15.3. The van der Waals surface area contributed by atoms with Crippen LogP contribution in [0.2, 0.25) is 0 Å². The molecular weight excluding hydrogens is 240 g/mol. The minimum absolute atomic E-state index is 0.0400. The second-order valence-corrected chi connectivity index (χ2v) is 4.56. The average Bonchev–Trinajstić information content (AvgIpc) is 2.76. The van der Waals surface area contributed by atoms with E-state index in [0.29, 0.717) is 0 Å². The maximum Gasteiger partial charge on any atom is 0.125 e. The summed E-state index contributed by atoms with van der Waals surface area (Å²) in [5.74, 6) is 6.40. The van der Waals surface area contributed by atoms with Gasteiger partial charge in [0.25, 0.3) is 0 Å². The van der Waals surface area contributed by atoms with Crippen molar-refractivity contribution in [3.05, 3.63) is 41.2 Å². The van der Waals surface area contributed by atoms with Gasteiger partial charge < -0.3 is 0 Å². The molecule has 0 saturated carbocycles. The molecule has 102 valence electrons. The van der Waals surface area contributed by atoms with Crippen LogP contribution in [-0.2, 0) is 19.9 Å². The van der Waals surface area contributed by atoms with Gasteiger partial charge in [-0.2, -0.15) is 5.10 Å². The summed E-state index contributed by atoms with van der Waals surface area (Å²) >= 11 is 0. The first-order valence-electron chi connectivity index (χ1n) is 6.41. The molecule has 3 N–H and O–H groups in total. The molecule has 2 aromatic heterocycles. The second-order valence-electron chi connectivity index (χ2n) is 4.56. The molecule has 0 aliphatic carbocycles. The van der Waals surface area contributed by atoms with E-state index in [-0.39, 0.29) is 6.04 Å². The van der Waals surface area contributed by atoms with Crippen molar-refractivity contribution in [2.45, 2.75) is 32.7 Å². The van der Waals surface area contributed by atoms with Crippen molar-refractivity contribution in [3.8, 4) is 0 Å². The molecule has 2 heterocycles. The van der Waals surface area contributed by atoms with Crippen LogP contribution < -0.4 is 11.3 Å². The molecular formula is C13H20N6. The lowest BCUT2D eigenvalue weighted by molar-refractivity contribution is 0.516. The number of hydrogen-bond acceptors (Lipinski definition) is 5. The maximum absolute atomic E-state index is 5.65. The lowest BCUT2D eigenvalue weighted by atomic mass is 10.1. The third-order valence-electron chi connectivity index (χ3n) is 3.16. The normalized spacial score (nSPS) is 12.6. The molecule has 0 aliphatic rings. The zero-order chi connectivity index (χ0) is 13.8. The number of rotatable bonds is 5. The molecule has 19 heavy (non-hydrogen) atoms. The number of hydrogen-bond donors (Lipinski definition) is 2. The van der Waals surface area contributed by atoms with Crippen molar-refractivity contribution in [2.24, 2.45) is 12.9 Å². The van der Waals surface area contributed by atoms with Crippen LogP contribution >= 0.6 is 0 Å². The summed E-state index contributed by atoms with van der Waals surface area (Å²) in [6.45, 7) is 3.97. The molecule has 0 fully saturated rings. The van der Waals surface area contributed by atoms with Gasteiger partial charge in [0.05, 0.1) is 17.4 Å². The van der Waals surface area contributed by atoms with E-state index in [2.05, 4.69) is 33.5 Å². The molecule has 0 radical (unpaired) electrons. The van der Waals surface area contributed by atoms with E-state index in [1.807, 2.05) is 24.7 Å². The van der Waals surface area contributed by atoms with Crippen LogP contribution in [0.25, 0.3) is 0 Å². The van der Waals surface area contributed by atoms with E-state index in [4.69, 9.17) is 5.84 Å². The van der Waals surface area contributed by atoms with Gasteiger partial charge in [0.2, 0.25) is 0 Å². The Morgan fingerprint density at radius 3 is 2.84 bits per heavy atom. The fourth-order valence-corrected chi connectivity index (χ4v) is 2.06. The van der Waals surface area contributed by atoms with E-state index >= 15 is 0 Å². The molecule has 0 aliphatic heterocycles. The third-order valence-corrected chi connectivity index (χ3v) is 3.16. The first kappa shape index (κ1) is 13.6. The van der Waals surface area contributed by atoms with E-state index < -0.39 is 0 Å². The van der Waals surface area contributed by atoms with Crippen LogP contribution in [0.15, 0.2) is 18.3 Å². The molecule has 0 bridgehead atoms. The predicted octanol–water partition coefficient (Wildman–Crippen LogP) is 0.828. The Kier molecular flexibility index (Phi) is 4.24. The molecule has 6 nitrogen and oxygen atoms in total. The average molecular weight is 260 g/mol. The Balaban J connectivity index is 2.21. The lowest BCUT2D eigenvalue weighted by Crippen LogP contribution is -2.31. The van der Waals surface area contributed by atoms with E-state index in [9.17, 15) is 0 Å². The van der Waals surface area contributed by atoms with Crippen LogP contribution in [0.5, 0.6) is 0 Å². The molecule has 2 aromatic rings. The van der Waals surface area contributed by atoms with E-state index in [1.54, 1.807) is 6.20 Å². The number of hydrazine groups is 1. The third kappa shape index (κ3) is 3.15. The van der Waals surface area contributed by atoms with Crippen molar-refractivity contribution >= 4 is 0 Å². The highest BCUT2D eigenvalue weighted by Crippen LogP contribution is 2.16. The summed E-state index contributed by atoms with van der Waals surface area (Å²) in [5.41, 5.74) is 5.94. The Morgan fingerprint density at radius 1 is 1.47 bits per heavy atom. The fraction of sp³-hybridized carbons (Fsp3) is 0.462. The quantitative estimate of drug-likeness (QED) is 0.614. The van der Waals surface area contributed by atoms with E-state index in [1.165, 1.54) is 0 Å². The Morgan fingerprint density at radius 2 is 2.26 bits per heavy atom. The van der Waals surface area contributed by atoms with Crippen molar-refractivity contribution < 1.29 is 0 Å². The molecule has 6 heteroatoms. The number of nitrogens with zero attached hydrogens (tertiary/aromatic N) is 4. The van der Waals surface area contributed by atoms with Crippen LogP contribution in [0.1, 0.15) is 35.9 Å². The van der Waals surface area contributed by atoms with Crippen LogP contribution in [0, 0.1) is 6.92 Å². The summed E-state index contributed by atoms with van der Waals surface area (Å²) in [5, 5.41) is 4.44. The van der Waals surface area contributed by atoms with Crippen LogP contribution in [0.3, 0.4) is 0 Å². The molecule has 0 amide bonds. The minimum atomic E-state index is -0.0400. The molecule has 2 rings (SSSR count). The van der Waals surface area contributed by atoms with Gasteiger partial charge in [0.1, 0.15) is 5.82 Å². The molecule has 0 spiro atoms. The number of aryl methyl sites for hydroxylation is 3. The van der Waals surface area contributed by atoms with Crippen LogP contribution in [-0.4, -0.2) is 19.7 Å². The zero-order valence-electron chi connectivity index (χ0n) is 11.6. The van der Waals surface area contributed by atoms with Gasteiger partial charge in [-0.05, 0) is 25.5 Å². The highest BCUT2D eigenvalue weighted by Gasteiger charge is 2.15. The van der Waals surface area contributed by atoms with Gasteiger partial charge >= 0.3 is 0 Å². The van der Waals surface area contributed by atoms with Crippen molar-refractivity contribution in [3.63, 3.8) is 0 Å². The van der Waals surface area contributed by atoms with Gasteiger partial charge in [-0.15, -0.1) is 0 Å². The van der Waals surface area contributed by atoms with Crippen molar-refractivity contribution in [1.29, 1.82) is 0 Å². The van der Waals surface area contributed by atoms with Gasteiger partial charge in [-0.25, -0.2) is 9.97 Å². The maximum atomic E-state index is 5.65. The standard InChI is InChI=1S/C13H20N6/c1-4-10-7-11(19(3)18-10)8-13(17-14)12-5-6-15-9(2)16-12/h5-7,13,17H,4,8,14H2,1-3H3. The topological polar surface area (TPSA) is 81.6 Å². The van der Waals surface area contributed by atoms with Gasteiger partial charge in [0.15, 0.2) is 0 Å². The summed E-state index contributed by atoms with van der Waals surface area (Å²) in [6.07, 6.45) is 3.43. The van der Waals surface area contributed by atoms with Gasteiger partial charge in [0, 0.05) is 25.4 Å². The van der Waals surface area contributed by atoms with Crippen LogP contribution in [0.4, 0.5) is 0 Å². The SMILES string of the molecule is CCc1cc(CC(NN)c2ccnc(C)n2)n(C)n1. The van der Waals surface area contributed by atoms with Crippen molar-refractivity contribution in [2.75, 3.05) is 0 Å². The zero-order valence-corrected chi connectivity index (χ0v) is 11.6. The van der Waals surface area contributed by atoms with Crippen molar-refractivity contribution in [1.82, 2.24) is 25.2 Å². The Bertz CT molecular complexity index is 548. The molecule has 1 atom stereocenters. The highest BCUT2D eigenvalue weighted by molar-refractivity contribution is 5.15.